The minimum atomic E-state index is -1.16. The highest BCUT2D eigenvalue weighted by Crippen LogP contribution is 2.22. The Morgan fingerprint density at radius 1 is 1.00 bits per heavy atom. The molecule has 6 heteroatoms. The molecule has 1 aromatic rings. The minimum absolute atomic E-state index is 0.396. The predicted molar refractivity (Wildman–Crippen MR) is 62.9 cm³/mol. The van der Waals surface area contributed by atoms with E-state index in [0.717, 1.165) is 0 Å². The maximum atomic E-state index is 9.12. The van der Waals surface area contributed by atoms with Crippen molar-refractivity contribution in [2.45, 2.75) is 5.54 Å². The Hall–Kier alpha value is -1.50. The van der Waals surface area contributed by atoms with Crippen molar-refractivity contribution in [2.24, 2.45) is 0 Å². The van der Waals surface area contributed by atoms with Gasteiger partial charge in [-0.1, -0.05) is 0 Å². The monoisotopic (exact) mass is 227 g/mol. The second-order valence-corrected chi connectivity index (χ2v) is 3.72. The van der Waals surface area contributed by atoms with Crippen LogP contribution in [0.5, 0.6) is 0 Å². The van der Waals surface area contributed by atoms with E-state index >= 15 is 0 Å². The standard InChI is InChI=1S/C10H17N3O3/c11-8-2-1-7(3-9(8)12)13-10(4-14,5-15)6-16/h1-3,13-16H,4-6,11-12H2. The van der Waals surface area contributed by atoms with Crippen LogP contribution in [0.4, 0.5) is 17.1 Å². The smallest absolute Gasteiger partial charge is 0.107 e. The number of aliphatic hydroxyl groups excluding tert-OH is 3. The lowest BCUT2D eigenvalue weighted by Crippen LogP contribution is -2.49. The summed E-state index contributed by atoms with van der Waals surface area (Å²) in [7, 11) is 0. The van der Waals surface area contributed by atoms with Crippen molar-refractivity contribution in [1.82, 2.24) is 0 Å². The van der Waals surface area contributed by atoms with Gasteiger partial charge >= 0.3 is 0 Å². The fourth-order valence-electron chi connectivity index (χ4n) is 1.23. The number of aliphatic hydroxyl groups is 3. The molecule has 0 aliphatic rings. The molecule has 6 nitrogen and oxygen atoms in total. The Morgan fingerprint density at radius 2 is 1.56 bits per heavy atom. The lowest BCUT2D eigenvalue weighted by Gasteiger charge is -2.30. The Labute approximate surface area is 93.5 Å². The van der Waals surface area contributed by atoms with E-state index in [1.54, 1.807) is 18.2 Å². The molecule has 0 aliphatic carbocycles. The van der Waals surface area contributed by atoms with Crippen LogP contribution in [-0.2, 0) is 0 Å². The molecule has 0 bridgehead atoms. The molecule has 8 N–H and O–H groups in total. The Kier molecular flexibility index (Phi) is 3.94. The van der Waals surface area contributed by atoms with Crippen LogP contribution in [-0.4, -0.2) is 40.7 Å². The summed E-state index contributed by atoms with van der Waals surface area (Å²) in [5.41, 5.74) is 11.4. The average Bonchev–Trinajstić information content (AvgIpc) is 2.31. The van der Waals surface area contributed by atoms with E-state index in [1.807, 2.05) is 0 Å². The molecular formula is C10H17N3O3. The number of nitrogen functional groups attached to an aromatic ring is 2. The van der Waals surface area contributed by atoms with Gasteiger partial charge in [0, 0.05) is 5.69 Å². The summed E-state index contributed by atoms with van der Waals surface area (Å²) in [4.78, 5) is 0. The largest absolute Gasteiger partial charge is 0.397 e. The van der Waals surface area contributed by atoms with Crippen LogP contribution in [0, 0.1) is 0 Å². The third-order valence-electron chi connectivity index (χ3n) is 2.40. The van der Waals surface area contributed by atoms with E-state index < -0.39 is 25.4 Å². The lowest BCUT2D eigenvalue weighted by atomic mass is 10.0. The molecule has 90 valence electrons. The van der Waals surface area contributed by atoms with Crippen molar-refractivity contribution in [3.8, 4) is 0 Å². The molecule has 0 atom stereocenters. The van der Waals surface area contributed by atoms with Crippen LogP contribution in [0.25, 0.3) is 0 Å². The molecule has 0 saturated heterocycles. The normalized spacial score (nSPS) is 11.4. The molecule has 16 heavy (non-hydrogen) atoms. The molecule has 1 rings (SSSR count). The van der Waals surface area contributed by atoms with E-state index in [4.69, 9.17) is 26.8 Å². The van der Waals surface area contributed by atoms with Gasteiger partial charge in [0.2, 0.25) is 0 Å². The van der Waals surface area contributed by atoms with E-state index in [1.165, 1.54) is 0 Å². The second kappa shape index (κ2) is 5.02. The van der Waals surface area contributed by atoms with Gasteiger partial charge in [0.25, 0.3) is 0 Å². The Bertz CT molecular complexity index is 345. The molecule has 0 radical (unpaired) electrons. The zero-order valence-electron chi connectivity index (χ0n) is 8.85. The van der Waals surface area contributed by atoms with Crippen LogP contribution in [0.2, 0.25) is 0 Å². The highest BCUT2D eigenvalue weighted by atomic mass is 16.3. The van der Waals surface area contributed by atoms with Gasteiger partial charge in [-0.3, -0.25) is 0 Å². The molecule has 0 spiro atoms. The summed E-state index contributed by atoms with van der Waals surface area (Å²) in [6.45, 7) is -1.20. The molecule has 1 aromatic carbocycles. The van der Waals surface area contributed by atoms with Crippen molar-refractivity contribution in [3.63, 3.8) is 0 Å². The van der Waals surface area contributed by atoms with Gasteiger partial charge in [-0.2, -0.15) is 0 Å². The van der Waals surface area contributed by atoms with Crippen LogP contribution in [0.3, 0.4) is 0 Å². The first-order valence-corrected chi connectivity index (χ1v) is 4.82. The maximum Gasteiger partial charge on any atom is 0.107 e. The average molecular weight is 227 g/mol. The number of nitrogens with one attached hydrogen (secondary N) is 1. The van der Waals surface area contributed by atoms with E-state index in [-0.39, 0.29) is 0 Å². The first kappa shape index (κ1) is 12.6. The fraction of sp³-hybridized carbons (Fsp3) is 0.400. The number of hydrogen-bond acceptors (Lipinski definition) is 6. The van der Waals surface area contributed by atoms with Crippen molar-refractivity contribution >= 4 is 17.1 Å². The fourth-order valence-corrected chi connectivity index (χ4v) is 1.23. The number of hydrogen-bond donors (Lipinski definition) is 6. The molecule has 0 amide bonds. The lowest BCUT2D eigenvalue weighted by molar-refractivity contribution is 0.0834. The van der Waals surface area contributed by atoms with Crippen molar-refractivity contribution in [1.29, 1.82) is 0 Å². The van der Waals surface area contributed by atoms with Crippen molar-refractivity contribution in [3.05, 3.63) is 18.2 Å². The summed E-state index contributed by atoms with van der Waals surface area (Å²) in [6.07, 6.45) is 0. The van der Waals surface area contributed by atoms with Gasteiger partial charge in [-0.15, -0.1) is 0 Å². The van der Waals surface area contributed by atoms with Gasteiger partial charge in [-0.05, 0) is 18.2 Å². The highest BCUT2D eigenvalue weighted by Gasteiger charge is 2.27. The summed E-state index contributed by atoms with van der Waals surface area (Å²) in [5.74, 6) is 0. The molecule has 0 heterocycles. The molecule has 0 saturated carbocycles. The van der Waals surface area contributed by atoms with Crippen LogP contribution < -0.4 is 16.8 Å². The van der Waals surface area contributed by atoms with Gasteiger partial charge < -0.3 is 32.1 Å². The van der Waals surface area contributed by atoms with Crippen LogP contribution in [0.15, 0.2) is 18.2 Å². The zero-order valence-corrected chi connectivity index (χ0v) is 8.85. The number of benzene rings is 1. The summed E-state index contributed by atoms with van der Waals surface area (Å²) < 4.78 is 0. The third kappa shape index (κ3) is 2.54. The first-order chi connectivity index (χ1) is 7.56. The maximum absolute atomic E-state index is 9.12. The Morgan fingerprint density at radius 3 is 2.00 bits per heavy atom. The Balaban J connectivity index is 2.89. The molecule has 0 aliphatic heterocycles. The predicted octanol–water partition coefficient (Wildman–Crippen LogP) is -1.02. The van der Waals surface area contributed by atoms with Crippen molar-refractivity contribution in [2.75, 3.05) is 36.6 Å². The molecule has 0 aromatic heterocycles. The number of nitrogens with two attached hydrogens (primary N) is 2. The third-order valence-corrected chi connectivity index (χ3v) is 2.40. The molecular weight excluding hydrogens is 210 g/mol. The van der Waals surface area contributed by atoms with Crippen LogP contribution >= 0.6 is 0 Å². The summed E-state index contributed by atoms with van der Waals surface area (Å²) in [5, 5.41) is 30.2. The first-order valence-electron chi connectivity index (χ1n) is 4.82. The molecule has 0 fully saturated rings. The van der Waals surface area contributed by atoms with Gasteiger partial charge in [0.15, 0.2) is 0 Å². The minimum Gasteiger partial charge on any atom is -0.397 e. The zero-order chi connectivity index (χ0) is 12.2. The van der Waals surface area contributed by atoms with E-state index in [9.17, 15) is 0 Å². The SMILES string of the molecule is Nc1ccc(NC(CO)(CO)CO)cc1N. The van der Waals surface area contributed by atoms with Gasteiger partial charge in [0.1, 0.15) is 5.54 Å². The number of anilines is 3. The van der Waals surface area contributed by atoms with E-state index in [2.05, 4.69) is 5.32 Å². The van der Waals surface area contributed by atoms with E-state index in [0.29, 0.717) is 17.1 Å². The topological polar surface area (TPSA) is 125 Å². The van der Waals surface area contributed by atoms with Gasteiger partial charge in [0.05, 0.1) is 31.2 Å². The van der Waals surface area contributed by atoms with Gasteiger partial charge in [-0.25, -0.2) is 0 Å². The second-order valence-electron chi connectivity index (χ2n) is 3.72. The van der Waals surface area contributed by atoms with Crippen LogP contribution in [0.1, 0.15) is 0 Å². The highest BCUT2D eigenvalue weighted by molar-refractivity contribution is 5.69. The quantitative estimate of drug-likeness (QED) is 0.358. The molecule has 0 unspecified atom stereocenters. The van der Waals surface area contributed by atoms with Crippen molar-refractivity contribution < 1.29 is 15.3 Å². The summed E-state index contributed by atoms with van der Waals surface area (Å²) >= 11 is 0. The summed E-state index contributed by atoms with van der Waals surface area (Å²) in [6, 6.07) is 4.83. The number of rotatable bonds is 5.